The van der Waals surface area contributed by atoms with Crippen LogP contribution in [0.1, 0.15) is 18.0 Å². The molecule has 1 aliphatic rings. The third kappa shape index (κ3) is 5.80. The zero-order chi connectivity index (χ0) is 23.3. The van der Waals surface area contributed by atoms with Gasteiger partial charge in [-0.3, -0.25) is 4.68 Å². The largest absolute Gasteiger partial charge is 0.388 e. The van der Waals surface area contributed by atoms with Crippen molar-refractivity contribution in [2.24, 2.45) is 7.05 Å². The van der Waals surface area contributed by atoms with E-state index in [1.54, 1.807) is 29.1 Å². The minimum absolute atomic E-state index is 0.108. The second-order valence-corrected chi connectivity index (χ2v) is 9.03. The van der Waals surface area contributed by atoms with E-state index in [2.05, 4.69) is 21.2 Å². The van der Waals surface area contributed by atoms with E-state index >= 15 is 0 Å². The van der Waals surface area contributed by atoms with E-state index in [4.69, 9.17) is 11.6 Å². The second-order valence-electron chi connectivity index (χ2n) is 7.31. The number of aromatic nitrogens is 2. The average molecular weight is 478 g/mol. The fourth-order valence-corrected chi connectivity index (χ4v) is 4.47. The van der Waals surface area contributed by atoms with Crippen molar-refractivity contribution < 1.29 is 13.4 Å². The first-order valence-electron chi connectivity index (χ1n) is 9.90. The number of rotatable bonds is 4. The number of nitrogens with one attached hydrogen (secondary N) is 2. The summed E-state index contributed by atoms with van der Waals surface area (Å²) in [6.07, 6.45) is 5.22. The Morgan fingerprint density at radius 2 is 2.03 bits per heavy atom. The third-order valence-corrected chi connectivity index (χ3v) is 6.71. The summed E-state index contributed by atoms with van der Waals surface area (Å²) in [5.41, 5.74) is 3.92. The number of benzene rings is 2. The monoisotopic (exact) mass is 477 g/mol. The van der Waals surface area contributed by atoms with Crippen LogP contribution in [0.15, 0.2) is 54.9 Å². The van der Waals surface area contributed by atoms with E-state index < -0.39 is 11.2 Å². The summed E-state index contributed by atoms with van der Waals surface area (Å²) in [7, 11) is 5.32. The van der Waals surface area contributed by atoms with Crippen LogP contribution in [0.4, 0.5) is 10.1 Å². The Labute approximate surface area is 194 Å². The second kappa shape index (κ2) is 10.8. The van der Waals surface area contributed by atoms with E-state index in [1.807, 2.05) is 37.6 Å². The number of carbonyl (C=O) groups excluding carboxylic acids is 1. The summed E-state index contributed by atoms with van der Waals surface area (Å²) in [4.78, 5) is 11.2. The fourth-order valence-electron chi connectivity index (χ4n) is 3.27. The normalized spacial score (nSPS) is 20.8. The van der Waals surface area contributed by atoms with Gasteiger partial charge in [-0.05, 0) is 41.8 Å². The van der Waals surface area contributed by atoms with Crippen molar-refractivity contribution in [3.8, 4) is 11.1 Å². The molecule has 1 fully saturated rings. The van der Waals surface area contributed by atoms with Gasteiger partial charge in [-0.1, -0.05) is 29.8 Å². The number of likely N-dealkylation sites (N-methyl/N-ethyl adjacent to an activating group) is 1. The summed E-state index contributed by atoms with van der Waals surface area (Å²) >= 11 is 4.12. The minimum atomic E-state index is -1.36. The van der Waals surface area contributed by atoms with Gasteiger partial charge in [0.1, 0.15) is 12.1 Å². The van der Waals surface area contributed by atoms with E-state index in [0.717, 1.165) is 28.7 Å². The highest BCUT2D eigenvalue weighted by molar-refractivity contribution is 7.80. The summed E-state index contributed by atoms with van der Waals surface area (Å²) in [6.45, 7) is 0. The average Bonchev–Trinajstić information content (AvgIpc) is 3.24. The Kier molecular flexibility index (Phi) is 8.14. The van der Waals surface area contributed by atoms with Gasteiger partial charge in [-0.25, -0.2) is 17.6 Å². The highest BCUT2D eigenvalue weighted by atomic mass is 35.5. The molecular weight excluding hydrogens is 453 g/mol. The van der Waals surface area contributed by atoms with Crippen molar-refractivity contribution >= 4 is 34.7 Å². The zero-order valence-corrected chi connectivity index (χ0v) is 19.5. The van der Waals surface area contributed by atoms with E-state index in [1.165, 1.54) is 12.1 Å². The smallest absolute Gasteiger partial charge is 0.170 e. The Balaban J connectivity index is 0.000000243. The third-order valence-electron chi connectivity index (χ3n) is 5.14. The maximum Gasteiger partial charge on any atom is 0.170 e. The number of hydrogen-bond acceptors (Lipinski definition) is 4. The van der Waals surface area contributed by atoms with E-state index in [-0.39, 0.29) is 22.9 Å². The van der Waals surface area contributed by atoms with Gasteiger partial charge in [0, 0.05) is 44.6 Å². The van der Waals surface area contributed by atoms with Crippen LogP contribution in [0.2, 0.25) is 5.02 Å². The quantitative estimate of drug-likeness (QED) is 0.561. The summed E-state index contributed by atoms with van der Waals surface area (Å²) in [5, 5.41) is 7.17. The number of nitrogens with zero attached hydrogens (tertiary/aromatic N) is 3. The topological polar surface area (TPSA) is 79.3 Å². The molecule has 1 aromatic heterocycles. The van der Waals surface area contributed by atoms with Crippen molar-refractivity contribution in [1.29, 1.82) is 0 Å². The van der Waals surface area contributed by atoms with Gasteiger partial charge in [0.25, 0.3) is 0 Å². The SMILES string of the molecule is CN1C(C=O)CC(c2cccc(-c3cnn(C)c3)c2)NS1=O.CNc1ccc(F)c(Cl)c1. The van der Waals surface area contributed by atoms with Gasteiger partial charge in [0.05, 0.1) is 17.3 Å². The van der Waals surface area contributed by atoms with Gasteiger partial charge in [0.2, 0.25) is 0 Å². The molecule has 2 N–H and O–H groups in total. The molecule has 0 saturated carbocycles. The predicted octanol–water partition coefficient (Wildman–Crippen LogP) is 3.72. The Morgan fingerprint density at radius 3 is 2.66 bits per heavy atom. The lowest BCUT2D eigenvalue weighted by Crippen LogP contribution is -2.48. The van der Waals surface area contributed by atoms with Gasteiger partial charge >= 0.3 is 0 Å². The zero-order valence-electron chi connectivity index (χ0n) is 18.0. The number of aldehydes is 1. The lowest BCUT2D eigenvalue weighted by Gasteiger charge is -2.33. The molecule has 2 heterocycles. The van der Waals surface area contributed by atoms with Gasteiger partial charge in [-0.15, -0.1) is 0 Å². The van der Waals surface area contributed by atoms with Crippen molar-refractivity contribution in [2.75, 3.05) is 19.4 Å². The van der Waals surface area contributed by atoms with Gasteiger partial charge < -0.3 is 10.1 Å². The standard InChI is InChI=1S/C15H18N4O2S.C7H7ClFN/c1-18-9-13(8-16-18)11-4-3-5-12(6-11)15-7-14(10-20)19(2)22(21)17-15;1-10-5-2-3-7(9)6(8)4-5/h3-6,8-10,14-15,17H,7H2,1-2H3;2-4,10H,1H3. The number of hydrogen-bond donors (Lipinski definition) is 2. The van der Waals surface area contributed by atoms with Crippen LogP contribution in [0.5, 0.6) is 0 Å². The van der Waals surface area contributed by atoms with Crippen molar-refractivity contribution in [2.45, 2.75) is 18.5 Å². The highest BCUT2D eigenvalue weighted by Gasteiger charge is 2.31. The molecule has 3 unspecified atom stereocenters. The first-order chi connectivity index (χ1) is 15.3. The molecular formula is C22H25ClFN5O2S. The fraction of sp³-hybridized carbons (Fsp3) is 0.273. The number of aryl methyl sites for hydroxylation is 1. The van der Waals surface area contributed by atoms with Crippen LogP contribution in [0.3, 0.4) is 0 Å². The van der Waals surface area contributed by atoms with E-state index in [0.29, 0.717) is 6.42 Å². The molecule has 4 rings (SSSR count). The number of halogens is 2. The summed E-state index contributed by atoms with van der Waals surface area (Å²) < 4.78 is 30.9. The maximum atomic E-state index is 12.5. The molecule has 3 atom stereocenters. The van der Waals surface area contributed by atoms with Crippen LogP contribution in [0.25, 0.3) is 11.1 Å². The molecule has 0 aliphatic carbocycles. The van der Waals surface area contributed by atoms with Crippen LogP contribution >= 0.6 is 11.6 Å². The summed E-state index contributed by atoms with van der Waals surface area (Å²) in [5.74, 6) is -0.388. The van der Waals surface area contributed by atoms with Crippen molar-refractivity contribution in [1.82, 2.24) is 18.8 Å². The highest BCUT2D eigenvalue weighted by Crippen LogP contribution is 2.28. The molecule has 1 saturated heterocycles. The number of anilines is 1. The molecule has 1 aliphatic heterocycles. The molecule has 0 bridgehead atoms. The number of carbonyl (C=O) groups is 1. The molecule has 7 nitrogen and oxygen atoms in total. The lowest BCUT2D eigenvalue weighted by atomic mass is 9.97. The molecule has 3 aromatic rings. The lowest BCUT2D eigenvalue weighted by molar-refractivity contribution is -0.111. The molecule has 2 aromatic carbocycles. The molecule has 0 amide bonds. The van der Waals surface area contributed by atoms with E-state index in [9.17, 15) is 13.4 Å². The summed E-state index contributed by atoms with van der Waals surface area (Å²) in [6, 6.07) is 12.1. The molecule has 10 heteroatoms. The maximum absolute atomic E-state index is 12.5. The van der Waals surface area contributed by atoms with Crippen molar-refractivity contribution in [3.63, 3.8) is 0 Å². The van der Waals surface area contributed by atoms with Gasteiger partial charge in [-0.2, -0.15) is 5.10 Å². The first kappa shape index (κ1) is 24.1. The Bertz CT molecular complexity index is 1110. The van der Waals surface area contributed by atoms with Crippen LogP contribution in [-0.4, -0.2) is 44.7 Å². The molecule has 32 heavy (non-hydrogen) atoms. The van der Waals surface area contributed by atoms with Crippen LogP contribution in [-0.2, 0) is 23.0 Å². The first-order valence-corrected chi connectivity index (χ1v) is 11.4. The molecule has 170 valence electrons. The van der Waals surface area contributed by atoms with Crippen molar-refractivity contribution in [3.05, 3.63) is 71.3 Å². The molecule has 0 spiro atoms. The minimum Gasteiger partial charge on any atom is -0.388 e. The Hall–Kier alpha value is -2.59. The van der Waals surface area contributed by atoms with Crippen LogP contribution in [0, 0.1) is 5.82 Å². The Morgan fingerprint density at radius 1 is 1.25 bits per heavy atom. The van der Waals surface area contributed by atoms with Gasteiger partial charge in [0.15, 0.2) is 11.2 Å². The predicted molar refractivity (Wildman–Crippen MR) is 126 cm³/mol. The molecule has 0 radical (unpaired) electrons. The van der Waals surface area contributed by atoms with Crippen LogP contribution < -0.4 is 10.0 Å².